The molecule has 2 rings (SSSR count). The maximum Gasteiger partial charge on any atom is 0.417 e. The molecule has 1 N–H and O–H groups in total. The number of rotatable bonds is 2. The molecule has 0 aliphatic rings. The Hall–Kier alpha value is -2.18. The minimum absolute atomic E-state index is 0.0343. The fourth-order valence-corrected chi connectivity index (χ4v) is 1.47. The van der Waals surface area contributed by atoms with Crippen molar-refractivity contribution in [3.05, 3.63) is 35.5 Å². The molecule has 0 bridgehead atoms. The van der Waals surface area contributed by atoms with E-state index in [-0.39, 0.29) is 17.0 Å². The highest BCUT2D eigenvalue weighted by Gasteiger charge is 2.34. The van der Waals surface area contributed by atoms with Crippen molar-refractivity contribution in [2.24, 2.45) is 0 Å². The summed E-state index contributed by atoms with van der Waals surface area (Å²) in [4.78, 5) is 10.6. The first kappa shape index (κ1) is 11.3. The summed E-state index contributed by atoms with van der Waals surface area (Å²) >= 11 is 0. The van der Waals surface area contributed by atoms with Crippen molar-refractivity contribution in [1.29, 1.82) is 0 Å². The molecule has 0 radical (unpaired) electrons. The van der Waals surface area contributed by atoms with Crippen molar-refractivity contribution in [3.8, 4) is 11.3 Å². The molecule has 2 aromatic rings. The van der Waals surface area contributed by atoms with Crippen LogP contribution in [0.3, 0.4) is 0 Å². The second kappa shape index (κ2) is 4.00. The average molecular weight is 241 g/mol. The molecule has 0 saturated heterocycles. The van der Waals surface area contributed by atoms with Gasteiger partial charge in [-0.2, -0.15) is 13.2 Å². The van der Waals surface area contributed by atoms with Gasteiger partial charge in [0.2, 0.25) is 0 Å². The van der Waals surface area contributed by atoms with E-state index >= 15 is 0 Å². The summed E-state index contributed by atoms with van der Waals surface area (Å²) in [6, 6.07) is 4.91. The molecular formula is C10H6F3N3O. The van der Waals surface area contributed by atoms with Gasteiger partial charge in [-0.25, -0.2) is 0 Å². The highest BCUT2D eigenvalue weighted by molar-refractivity contribution is 5.83. The van der Waals surface area contributed by atoms with E-state index in [0.717, 1.165) is 6.07 Å². The largest absolute Gasteiger partial charge is 0.417 e. The number of H-pyrrole nitrogens is 1. The molecule has 88 valence electrons. The Morgan fingerprint density at radius 2 is 1.94 bits per heavy atom. The highest BCUT2D eigenvalue weighted by atomic mass is 19.4. The first-order chi connectivity index (χ1) is 8.04. The van der Waals surface area contributed by atoms with E-state index in [4.69, 9.17) is 0 Å². The number of hydrogen-bond donors (Lipinski definition) is 1. The third-order valence-electron chi connectivity index (χ3n) is 2.19. The van der Waals surface area contributed by atoms with Gasteiger partial charge in [-0.3, -0.25) is 9.89 Å². The monoisotopic (exact) mass is 241 g/mol. The lowest BCUT2D eigenvalue weighted by atomic mass is 10.0. The number of nitrogens with zero attached hydrogens (tertiary/aromatic N) is 2. The maximum atomic E-state index is 12.7. The van der Waals surface area contributed by atoms with Crippen LogP contribution in [-0.4, -0.2) is 21.7 Å². The SMILES string of the molecule is O=Cc1nn[nH]c1-c1ccccc1C(F)(F)F. The number of nitrogens with one attached hydrogen (secondary N) is 1. The van der Waals surface area contributed by atoms with Gasteiger partial charge < -0.3 is 0 Å². The van der Waals surface area contributed by atoms with Gasteiger partial charge in [0.25, 0.3) is 0 Å². The Balaban J connectivity index is 2.64. The Bertz CT molecular complexity index is 548. The van der Waals surface area contributed by atoms with Crippen LogP contribution in [-0.2, 0) is 6.18 Å². The number of benzene rings is 1. The molecule has 1 heterocycles. The van der Waals surface area contributed by atoms with Gasteiger partial charge in [-0.1, -0.05) is 23.4 Å². The molecule has 0 saturated carbocycles. The lowest BCUT2D eigenvalue weighted by Crippen LogP contribution is -2.07. The summed E-state index contributed by atoms with van der Waals surface area (Å²) in [5.41, 5.74) is -1.17. The van der Waals surface area contributed by atoms with E-state index in [0.29, 0.717) is 6.29 Å². The first-order valence-electron chi connectivity index (χ1n) is 4.57. The van der Waals surface area contributed by atoms with Crippen LogP contribution in [0.5, 0.6) is 0 Å². The predicted octanol–water partition coefficient (Wildman–Crippen LogP) is 2.30. The second-order valence-corrected chi connectivity index (χ2v) is 3.23. The molecule has 0 unspecified atom stereocenters. The van der Waals surface area contributed by atoms with Gasteiger partial charge in [0, 0.05) is 5.56 Å². The molecule has 1 aromatic carbocycles. The van der Waals surface area contributed by atoms with Crippen molar-refractivity contribution < 1.29 is 18.0 Å². The van der Waals surface area contributed by atoms with Crippen LogP contribution in [0.15, 0.2) is 24.3 Å². The Morgan fingerprint density at radius 3 is 2.59 bits per heavy atom. The lowest BCUT2D eigenvalue weighted by molar-refractivity contribution is -0.137. The maximum absolute atomic E-state index is 12.7. The van der Waals surface area contributed by atoms with E-state index in [1.165, 1.54) is 18.2 Å². The molecule has 4 nitrogen and oxygen atoms in total. The smallest absolute Gasteiger partial charge is 0.296 e. The van der Waals surface area contributed by atoms with Gasteiger partial charge in [0.1, 0.15) is 0 Å². The number of hydrogen-bond acceptors (Lipinski definition) is 3. The van der Waals surface area contributed by atoms with Crippen LogP contribution in [0.4, 0.5) is 13.2 Å². The van der Waals surface area contributed by atoms with Crippen molar-refractivity contribution in [2.75, 3.05) is 0 Å². The molecule has 7 heteroatoms. The molecule has 1 aromatic heterocycles. The van der Waals surface area contributed by atoms with Crippen molar-refractivity contribution >= 4 is 6.29 Å². The normalized spacial score (nSPS) is 11.5. The van der Waals surface area contributed by atoms with Gasteiger partial charge >= 0.3 is 6.18 Å². The number of carbonyl (C=O) groups excluding carboxylic acids is 1. The van der Waals surface area contributed by atoms with Crippen LogP contribution in [0.1, 0.15) is 16.1 Å². The van der Waals surface area contributed by atoms with Gasteiger partial charge in [0.05, 0.1) is 11.3 Å². The fraction of sp³-hybridized carbons (Fsp3) is 0.100. The third kappa shape index (κ3) is 2.03. The minimum atomic E-state index is -4.50. The van der Waals surface area contributed by atoms with Crippen molar-refractivity contribution in [2.45, 2.75) is 6.18 Å². The summed E-state index contributed by atoms with van der Waals surface area (Å²) < 4.78 is 38.2. The number of alkyl halides is 3. The lowest BCUT2D eigenvalue weighted by Gasteiger charge is -2.11. The molecule has 17 heavy (non-hydrogen) atoms. The summed E-state index contributed by atoms with van der Waals surface area (Å²) in [6.07, 6.45) is -4.14. The van der Waals surface area contributed by atoms with Crippen LogP contribution >= 0.6 is 0 Å². The molecule has 0 fully saturated rings. The zero-order valence-corrected chi connectivity index (χ0v) is 8.32. The van der Waals surface area contributed by atoms with Crippen LogP contribution in [0, 0.1) is 0 Å². The topological polar surface area (TPSA) is 58.6 Å². The predicted molar refractivity (Wildman–Crippen MR) is 52.2 cm³/mol. The van der Waals surface area contributed by atoms with Gasteiger partial charge in [-0.15, -0.1) is 5.10 Å². The Labute approximate surface area is 93.5 Å². The zero-order valence-electron chi connectivity index (χ0n) is 8.32. The van der Waals surface area contributed by atoms with E-state index in [2.05, 4.69) is 15.4 Å². The number of aldehydes is 1. The second-order valence-electron chi connectivity index (χ2n) is 3.23. The summed E-state index contributed by atoms with van der Waals surface area (Å²) in [6.45, 7) is 0. The van der Waals surface area contributed by atoms with E-state index in [1.54, 1.807) is 0 Å². The first-order valence-corrected chi connectivity index (χ1v) is 4.57. The average Bonchev–Trinajstić information content (AvgIpc) is 2.75. The van der Waals surface area contributed by atoms with E-state index < -0.39 is 11.7 Å². The number of carbonyl (C=O) groups is 1. The molecule has 0 aliphatic carbocycles. The highest BCUT2D eigenvalue weighted by Crippen LogP contribution is 2.36. The number of aromatic nitrogens is 3. The number of aromatic amines is 1. The molecule has 0 atom stereocenters. The van der Waals surface area contributed by atoms with Gasteiger partial charge in [-0.05, 0) is 6.07 Å². The molecule has 0 aliphatic heterocycles. The summed E-state index contributed by atoms with van der Waals surface area (Å²) in [5, 5.41) is 9.01. The van der Waals surface area contributed by atoms with Crippen LogP contribution in [0.2, 0.25) is 0 Å². The Kier molecular flexibility index (Phi) is 2.66. The van der Waals surface area contributed by atoms with E-state index in [1.807, 2.05) is 0 Å². The summed E-state index contributed by atoms with van der Waals surface area (Å²) in [5.74, 6) is 0. The Morgan fingerprint density at radius 1 is 1.24 bits per heavy atom. The molecular weight excluding hydrogens is 235 g/mol. The zero-order chi connectivity index (χ0) is 12.5. The van der Waals surface area contributed by atoms with Crippen LogP contribution in [0.25, 0.3) is 11.3 Å². The number of halogens is 3. The van der Waals surface area contributed by atoms with Crippen molar-refractivity contribution in [3.63, 3.8) is 0 Å². The van der Waals surface area contributed by atoms with Crippen LogP contribution < -0.4 is 0 Å². The minimum Gasteiger partial charge on any atom is -0.296 e. The standard InChI is InChI=1S/C10H6F3N3O/c11-10(12,13)7-4-2-1-3-6(7)9-8(5-17)14-16-15-9/h1-5H,(H,14,15,16). The molecule has 0 amide bonds. The summed E-state index contributed by atoms with van der Waals surface area (Å²) in [7, 11) is 0. The fourth-order valence-electron chi connectivity index (χ4n) is 1.47. The van der Waals surface area contributed by atoms with Crippen molar-refractivity contribution in [1.82, 2.24) is 15.4 Å². The molecule has 0 spiro atoms. The van der Waals surface area contributed by atoms with Gasteiger partial charge in [0.15, 0.2) is 12.0 Å². The quantitative estimate of drug-likeness (QED) is 0.820. The third-order valence-corrected chi connectivity index (χ3v) is 2.19. The van der Waals surface area contributed by atoms with E-state index in [9.17, 15) is 18.0 Å².